The average Bonchev–Trinajstić information content (AvgIpc) is 2.82. The van der Waals surface area contributed by atoms with Gasteiger partial charge in [-0.25, -0.2) is 4.98 Å². The van der Waals surface area contributed by atoms with Gasteiger partial charge >= 0.3 is 17.5 Å². The molecule has 0 spiro atoms. The zero-order valence-corrected chi connectivity index (χ0v) is 15.7. The molecule has 1 aromatic heterocycles. The number of hydrogen-bond acceptors (Lipinski definition) is 2. The molecule has 0 atom stereocenters. The van der Waals surface area contributed by atoms with E-state index < -0.39 is 0 Å². The van der Waals surface area contributed by atoms with Crippen molar-refractivity contribution >= 4 is 23.2 Å². The summed E-state index contributed by atoms with van der Waals surface area (Å²) in [5.74, 6) is 1.73. The molecular weight excluding hydrogens is 296 g/mol. The molecule has 0 aliphatic carbocycles. The molecule has 124 valence electrons. The van der Waals surface area contributed by atoms with Crippen molar-refractivity contribution in [3.05, 3.63) is 41.9 Å². The number of benzene rings is 1. The number of nitrogens with zero attached hydrogens (tertiary/aromatic N) is 4. The number of aromatic nitrogens is 2. The molecule has 2 aromatic rings. The highest BCUT2D eigenvalue weighted by atomic mass is 15.2. The lowest BCUT2D eigenvalue weighted by molar-refractivity contribution is -0.394. The van der Waals surface area contributed by atoms with Crippen molar-refractivity contribution in [2.45, 2.75) is 52.4 Å². The molecule has 0 unspecified atom stereocenters. The summed E-state index contributed by atoms with van der Waals surface area (Å²) in [6.45, 7) is 13.1. The molecule has 1 aliphatic heterocycles. The summed E-state index contributed by atoms with van der Waals surface area (Å²) in [6.07, 6.45) is 1.89. The van der Waals surface area contributed by atoms with Crippen molar-refractivity contribution in [3.63, 3.8) is 0 Å². The predicted octanol–water partition coefficient (Wildman–Crippen LogP) is 4.37. The smallest absolute Gasteiger partial charge is 0.233 e. The molecule has 3 rings (SSSR count). The Bertz CT molecular complexity index is 856. The van der Waals surface area contributed by atoms with E-state index in [4.69, 9.17) is 4.98 Å². The molecule has 0 saturated heterocycles. The third-order valence-corrected chi connectivity index (χ3v) is 4.24. The first kappa shape index (κ1) is 16.5. The van der Waals surface area contributed by atoms with Gasteiger partial charge in [-0.3, -0.25) is 0 Å². The highest BCUT2D eigenvalue weighted by Crippen LogP contribution is 2.33. The molecule has 1 aromatic carbocycles. The summed E-state index contributed by atoms with van der Waals surface area (Å²) in [4.78, 5) is 9.34. The van der Waals surface area contributed by atoms with E-state index in [9.17, 15) is 0 Å². The molecule has 1 aliphatic rings. The van der Waals surface area contributed by atoms with Gasteiger partial charge in [0.15, 0.2) is 7.05 Å². The van der Waals surface area contributed by atoms with Gasteiger partial charge in [0.1, 0.15) is 12.0 Å². The molecular formula is C20H26N4+2. The van der Waals surface area contributed by atoms with Crippen LogP contribution in [0.3, 0.4) is 0 Å². The minimum Gasteiger partial charge on any atom is -0.233 e. The molecule has 4 heteroatoms. The van der Waals surface area contributed by atoms with Gasteiger partial charge in [0.2, 0.25) is 5.69 Å². The molecule has 0 amide bonds. The molecule has 0 fully saturated rings. The van der Waals surface area contributed by atoms with E-state index >= 15 is 0 Å². The molecule has 2 heterocycles. The van der Waals surface area contributed by atoms with Gasteiger partial charge in [-0.2, -0.15) is 4.98 Å². The first-order valence-corrected chi connectivity index (χ1v) is 8.35. The van der Waals surface area contributed by atoms with Gasteiger partial charge in [-0.1, -0.05) is 58.3 Å². The third kappa shape index (κ3) is 2.90. The maximum absolute atomic E-state index is 4.81. The summed E-state index contributed by atoms with van der Waals surface area (Å²) < 4.78 is 3.96. The standard InChI is InChI=1S/C20H26N4/c1-19(2,3)14-8-10-15(11-9-14)24-13-23(7)16-12-21-18(20(4,5)6)22-17(16)24/h8-12H,1-7H3/q+2. The van der Waals surface area contributed by atoms with Crippen LogP contribution in [-0.4, -0.2) is 27.6 Å². The van der Waals surface area contributed by atoms with Gasteiger partial charge < -0.3 is 0 Å². The van der Waals surface area contributed by atoms with Gasteiger partial charge in [0, 0.05) is 17.5 Å². The Kier molecular flexibility index (Phi) is 3.69. The van der Waals surface area contributed by atoms with E-state index in [1.807, 2.05) is 22.4 Å². The van der Waals surface area contributed by atoms with E-state index in [-0.39, 0.29) is 10.8 Å². The Morgan fingerprint density at radius 3 is 2.08 bits per heavy atom. The van der Waals surface area contributed by atoms with E-state index in [0.717, 1.165) is 23.0 Å². The second kappa shape index (κ2) is 5.35. The molecule has 0 bridgehead atoms. The Hall–Kier alpha value is -2.32. The maximum Gasteiger partial charge on any atom is 0.497 e. The first-order chi connectivity index (χ1) is 11.1. The quantitative estimate of drug-likeness (QED) is 0.730. The second-order valence-electron chi connectivity index (χ2n) is 8.44. The lowest BCUT2D eigenvalue weighted by Crippen LogP contribution is -2.17. The highest BCUT2D eigenvalue weighted by molar-refractivity contribution is 5.70. The van der Waals surface area contributed by atoms with Crippen LogP contribution in [0.25, 0.3) is 0 Å². The van der Waals surface area contributed by atoms with Crippen LogP contribution in [0.4, 0.5) is 17.2 Å². The van der Waals surface area contributed by atoms with Crippen LogP contribution in [0.2, 0.25) is 0 Å². The van der Waals surface area contributed by atoms with Crippen molar-refractivity contribution in [2.24, 2.45) is 0 Å². The summed E-state index contributed by atoms with van der Waals surface area (Å²) in [5.41, 5.74) is 3.41. The van der Waals surface area contributed by atoms with Crippen molar-refractivity contribution in [1.29, 1.82) is 0 Å². The first-order valence-electron chi connectivity index (χ1n) is 8.35. The zero-order chi connectivity index (χ0) is 17.7. The van der Waals surface area contributed by atoms with Crippen LogP contribution < -0.4 is 4.58 Å². The van der Waals surface area contributed by atoms with Crippen LogP contribution >= 0.6 is 0 Å². The number of hydrogen-bond donors (Lipinski definition) is 0. The number of rotatable bonds is 1. The average molecular weight is 322 g/mol. The van der Waals surface area contributed by atoms with E-state index in [1.165, 1.54) is 5.56 Å². The summed E-state index contributed by atoms with van der Waals surface area (Å²) in [6, 6.07) is 12.0. The summed E-state index contributed by atoms with van der Waals surface area (Å²) in [5, 5.41) is 0. The maximum atomic E-state index is 4.81. The fraction of sp³-hybridized carbons (Fsp3) is 0.450. The molecule has 4 nitrogen and oxygen atoms in total. The summed E-state index contributed by atoms with van der Waals surface area (Å²) in [7, 11) is 1.97. The molecule has 0 N–H and O–H groups in total. The SMILES string of the molecule is C[N+]1=C=[N+](c2ccc(C(C)(C)C)cc2)c2nc(C(C)(C)C)ncc21. The van der Waals surface area contributed by atoms with Crippen LogP contribution in [0.5, 0.6) is 0 Å². The Balaban J connectivity index is 2.07. The van der Waals surface area contributed by atoms with Crippen molar-refractivity contribution in [2.75, 3.05) is 7.05 Å². The Labute approximate surface area is 144 Å². The lowest BCUT2D eigenvalue weighted by Gasteiger charge is -2.18. The van der Waals surface area contributed by atoms with Gasteiger partial charge in [-0.05, 0) is 15.6 Å². The largest absolute Gasteiger partial charge is 0.497 e. The third-order valence-electron chi connectivity index (χ3n) is 4.24. The van der Waals surface area contributed by atoms with Gasteiger partial charge in [0.05, 0.1) is 0 Å². The second-order valence-corrected chi connectivity index (χ2v) is 8.44. The monoisotopic (exact) mass is 322 g/mol. The van der Waals surface area contributed by atoms with Gasteiger partial charge in [-0.15, -0.1) is 0 Å². The zero-order valence-electron chi connectivity index (χ0n) is 15.7. The highest BCUT2D eigenvalue weighted by Gasteiger charge is 2.37. The van der Waals surface area contributed by atoms with E-state index in [0.29, 0.717) is 0 Å². The topological polar surface area (TPSA) is 31.8 Å². The molecule has 24 heavy (non-hydrogen) atoms. The Morgan fingerprint density at radius 2 is 1.54 bits per heavy atom. The van der Waals surface area contributed by atoms with Crippen molar-refractivity contribution in [1.82, 2.24) is 14.5 Å². The van der Waals surface area contributed by atoms with Crippen LogP contribution in [-0.2, 0) is 10.8 Å². The Morgan fingerprint density at radius 1 is 0.917 bits per heavy atom. The number of fused-ring (bicyclic) bond motifs is 1. The van der Waals surface area contributed by atoms with E-state index in [2.05, 4.69) is 76.8 Å². The lowest BCUT2D eigenvalue weighted by atomic mass is 9.87. The minimum absolute atomic E-state index is 0.0854. The van der Waals surface area contributed by atoms with Gasteiger partial charge in [0.25, 0.3) is 0 Å². The van der Waals surface area contributed by atoms with Crippen molar-refractivity contribution in [3.8, 4) is 0 Å². The van der Waals surface area contributed by atoms with Crippen LogP contribution in [0, 0.1) is 0 Å². The fourth-order valence-corrected chi connectivity index (χ4v) is 2.67. The minimum atomic E-state index is -0.0854. The predicted molar refractivity (Wildman–Crippen MR) is 98.2 cm³/mol. The van der Waals surface area contributed by atoms with E-state index in [1.54, 1.807) is 0 Å². The van der Waals surface area contributed by atoms with Crippen LogP contribution in [0.15, 0.2) is 30.5 Å². The molecule has 0 radical (unpaired) electrons. The fourth-order valence-electron chi connectivity index (χ4n) is 2.67. The summed E-state index contributed by atoms with van der Waals surface area (Å²) >= 11 is 0. The van der Waals surface area contributed by atoms with Crippen LogP contribution in [0.1, 0.15) is 52.9 Å². The van der Waals surface area contributed by atoms with Crippen molar-refractivity contribution < 1.29 is 4.58 Å². The molecule has 0 saturated carbocycles. The normalized spacial score (nSPS) is 14.3.